The fraction of sp³-hybridized carbons (Fsp3) is 0.100. The number of nitrogens with one attached hydrogen (secondary N) is 1. The average molecular weight is 482 g/mol. The van der Waals surface area contributed by atoms with Crippen LogP contribution in [-0.4, -0.2) is 13.0 Å². The topological polar surface area (TPSA) is 60.7 Å². The van der Waals surface area contributed by atoms with Crippen LogP contribution in [0.3, 0.4) is 0 Å². The maximum atomic E-state index is 13.5. The first-order valence-corrected chi connectivity index (χ1v) is 11.5. The molecule has 5 aromatic rings. The Bertz CT molecular complexity index is 1480. The van der Waals surface area contributed by atoms with E-state index in [-0.39, 0.29) is 11.7 Å². The highest BCUT2D eigenvalue weighted by atomic mass is 19.1. The van der Waals surface area contributed by atoms with Gasteiger partial charge in [0.25, 0.3) is 5.91 Å². The standard InChI is InChI=1S/C30H24FNO4/c1-32-30(33)28-24-16-26(34-18-20-8-4-2-5-9-20)27(35-19-21-10-6-3-7-11-21)17-25(24)36-29(28)22-12-14-23(31)15-13-22/h2-17H,18-19H2,1H3,(H,32,33). The Hall–Kier alpha value is -4.58. The van der Waals surface area contributed by atoms with Crippen LogP contribution in [0.4, 0.5) is 4.39 Å². The Morgan fingerprint density at radius 3 is 1.92 bits per heavy atom. The van der Waals surface area contributed by atoms with Gasteiger partial charge in [0.1, 0.15) is 30.4 Å². The minimum Gasteiger partial charge on any atom is -0.485 e. The van der Waals surface area contributed by atoms with Gasteiger partial charge in [-0.15, -0.1) is 0 Å². The highest BCUT2D eigenvalue weighted by Gasteiger charge is 2.24. The first-order chi connectivity index (χ1) is 17.6. The van der Waals surface area contributed by atoms with Gasteiger partial charge < -0.3 is 19.2 Å². The van der Waals surface area contributed by atoms with E-state index in [4.69, 9.17) is 13.9 Å². The van der Waals surface area contributed by atoms with Crippen molar-refractivity contribution in [2.45, 2.75) is 13.2 Å². The van der Waals surface area contributed by atoms with E-state index in [0.29, 0.717) is 52.6 Å². The summed E-state index contributed by atoms with van der Waals surface area (Å²) in [4.78, 5) is 12.9. The Labute approximate surface area is 208 Å². The summed E-state index contributed by atoms with van der Waals surface area (Å²) in [7, 11) is 1.56. The van der Waals surface area contributed by atoms with Crippen molar-refractivity contribution in [3.05, 3.63) is 120 Å². The molecule has 0 aliphatic rings. The van der Waals surface area contributed by atoms with Crippen molar-refractivity contribution in [1.29, 1.82) is 0 Å². The fourth-order valence-corrected chi connectivity index (χ4v) is 3.96. The van der Waals surface area contributed by atoms with E-state index in [1.165, 1.54) is 12.1 Å². The Kier molecular flexibility index (Phi) is 6.67. The zero-order valence-corrected chi connectivity index (χ0v) is 19.7. The van der Waals surface area contributed by atoms with Gasteiger partial charge in [-0.2, -0.15) is 0 Å². The van der Waals surface area contributed by atoms with Gasteiger partial charge in [-0.1, -0.05) is 60.7 Å². The summed E-state index contributed by atoms with van der Waals surface area (Å²) in [6, 6.07) is 28.9. The predicted octanol–water partition coefficient (Wildman–Crippen LogP) is 6.76. The van der Waals surface area contributed by atoms with Gasteiger partial charge in [0, 0.05) is 24.1 Å². The third-order valence-electron chi connectivity index (χ3n) is 5.79. The molecule has 0 spiro atoms. The highest BCUT2D eigenvalue weighted by molar-refractivity contribution is 6.11. The van der Waals surface area contributed by atoms with Crippen LogP contribution in [-0.2, 0) is 13.2 Å². The van der Waals surface area contributed by atoms with Gasteiger partial charge >= 0.3 is 0 Å². The molecule has 0 aliphatic carbocycles. The zero-order chi connectivity index (χ0) is 24.9. The molecule has 1 amide bonds. The molecule has 0 aliphatic heterocycles. The summed E-state index contributed by atoms with van der Waals surface area (Å²) in [6.07, 6.45) is 0. The molecule has 5 nitrogen and oxygen atoms in total. The molecular weight excluding hydrogens is 457 g/mol. The number of ether oxygens (including phenoxy) is 2. The first kappa shape index (κ1) is 23.2. The fourth-order valence-electron chi connectivity index (χ4n) is 3.96. The van der Waals surface area contributed by atoms with Crippen molar-refractivity contribution in [3.63, 3.8) is 0 Å². The number of carbonyl (C=O) groups excluding carboxylic acids is 1. The van der Waals surface area contributed by atoms with E-state index in [1.807, 2.05) is 60.7 Å². The van der Waals surface area contributed by atoms with Crippen LogP contribution in [0.5, 0.6) is 11.5 Å². The monoisotopic (exact) mass is 481 g/mol. The quantitative estimate of drug-likeness (QED) is 0.266. The largest absolute Gasteiger partial charge is 0.485 e. The smallest absolute Gasteiger partial charge is 0.255 e. The van der Waals surface area contributed by atoms with Crippen molar-refractivity contribution in [3.8, 4) is 22.8 Å². The van der Waals surface area contributed by atoms with Crippen LogP contribution >= 0.6 is 0 Å². The van der Waals surface area contributed by atoms with Crippen molar-refractivity contribution >= 4 is 16.9 Å². The molecule has 1 heterocycles. The molecule has 5 rings (SSSR count). The number of rotatable bonds is 8. The molecule has 1 N–H and O–H groups in total. The second-order valence-electron chi connectivity index (χ2n) is 8.24. The molecular formula is C30H24FNO4. The van der Waals surface area contributed by atoms with Crippen LogP contribution in [0.15, 0.2) is 101 Å². The summed E-state index contributed by atoms with van der Waals surface area (Å²) in [5, 5.41) is 3.25. The molecule has 0 atom stereocenters. The van der Waals surface area contributed by atoms with Crippen LogP contribution in [0.2, 0.25) is 0 Å². The molecule has 36 heavy (non-hydrogen) atoms. The highest BCUT2D eigenvalue weighted by Crippen LogP contribution is 2.40. The number of hydrogen-bond donors (Lipinski definition) is 1. The van der Waals surface area contributed by atoms with E-state index in [1.54, 1.807) is 31.3 Å². The van der Waals surface area contributed by atoms with Crippen molar-refractivity contribution in [2.24, 2.45) is 0 Å². The third kappa shape index (κ3) is 4.93. The number of fused-ring (bicyclic) bond motifs is 1. The van der Waals surface area contributed by atoms with Gasteiger partial charge in [-0.25, -0.2) is 4.39 Å². The molecule has 0 bridgehead atoms. The maximum absolute atomic E-state index is 13.5. The molecule has 180 valence electrons. The lowest BCUT2D eigenvalue weighted by molar-refractivity contribution is 0.0964. The molecule has 0 unspecified atom stereocenters. The SMILES string of the molecule is CNC(=O)c1c(-c2ccc(F)cc2)oc2cc(OCc3ccccc3)c(OCc3ccccc3)cc12. The van der Waals surface area contributed by atoms with E-state index in [9.17, 15) is 9.18 Å². The first-order valence-electron chi connectivity index (χ1n) is 11.5. The van der Waals surface area contributed by atoms with Crippen LogP contribution < -0.4 is 14.8 Å². The lowest BCUT2D eigenvalue weighted by atomic mass is 10.0. The van der Waals surface area contributed by atoms with Gasteiger partial charge in [0.2, 0.25) is 0 Å². The second kappa shape index (κ2) is 10.4. The summed E-state index contributed by atoms with van der Waals surface area (Å²) in [5.74, 6) is 0.632. The minimum absolute atomic E-state index is 0.319. The average Bonchev–Trinajstić information content (AvgIpc) is 3.29. The van der Waals surface area contributed by atoms with Gasteiger partial charge in [-0.3, -0.25) is 4.79 Å². The molecule has 6 heteroatoms. The lowest BCUT2D eigenvalue weighted by Crippen LogP contribution is -2.18. The summed E-state index contributed by atoms with van der Waals surface area (Å²) in [6.45, 7) is 0.661. The van der Waals surface area contributed by atoms with Crippen molar-refractivity contribution < 1.29 is 23.1 Å². The third-order valence-corrected chi connectivity index (χ3v) is 5.79. The molecule has 0 radical (unpaired) electrons. The number of amides is 1. The lowest BCUT2D eigenvalue weighted by Gasteiger charge is -2.13. The van der Waals surface area contributed by atoms with E-state index < -0.39 is 0 Å². The number of benzene rings is 4. The van der Waals surface area contributed by atoms with Gasteiger partial charge in [0.15, 0.2) is 11.5 Å². The number of furan rings is 1. The van der Waals surface area contributed by atoms with E-state index in [2.05, 4.69) is 5.32 Å². The maximum Gasteiger partial charge on any atom is 0.255 e. The van der Waals surface area contributed by atoms with Crippen LogP contribution in [0.1, 0.15) is 21.5 Å². The molecule has 0 fully saturated rings. The zero-order valence-electron chi connectivity index (χ0n) is 19.7. The Balaban J connectivity index is 1.59. The summed E-state index contributed by atoms with van der Waals surface area (Å²) in [5.41, 5.74) is 3.40. The van der Waals surface area contributed by atoms with E-state index in [0.717, 1.165) is 11.1 Å². The Morgan fingerprint density at radius 1 is 0.806 bits per heavy atom. The number of halogens is 1. The van der Waals surface area contributed by atoms with Crippen molar-refractivity contribution in [2.75, 3.05) is 7.05 Å². The minimum atomic E-state index is -0.371. The predicted molar refractivity (Wildman–Crippen MR) is 137 cm³/mol. The molecule has 0 saturated carbocycles. The second-order valence-corrected chi connectivity index (χ2v) is 8.24. The molecule has 0 saturated heterocycles. The van der Waals surface area contributed by atoms with Gasteiger partial charge in [0.05, 0.1) is 5.56 Å². The van der Waals surface area contributed by atoms with Crippen LogP contribution in [0.25, 0.3) is 22.3 Å². The molecule has 4 aromatic carbocycles. The normalized spacial score (nSPS) is 10.8. The summed E-state index contributed by atoms with van der Waals surface area (Å²) < 4.78 is 32.0. The number of hydrogen-bond acceptors (Lipinski definition) is 4. The summed E-state index contributed by atoms with van der Waals surface area (Å²) >= 11 is 0. The van der Waals surface area contributed by atoms with Crippen molar-refractivity contribution in [1.82, 2.24) is 5.32 Å². The molecule has 1 aromatic heterocycles. The number of carbonyl (C=O) groups is 1. The van der Waals surface area contributed by atoms with E-state index >= 15 is 0 Å². The van der Waals surface area contributed by atoms with Crippen LogP contribution in [0, 0.1) is 5.82 Å². The van der Waals surface area contributed by atoms with Gasteiger partial charge in [-0.05, 0) is 41.5 Å². The Morgan fingerprint density at radius 2 is 1.36 bits per heavy atom.